The summed E-state index contributed by atoms with van der Waals surface area (Å²) >= 11 is 0. The third-order valence-electron chi connectivity index (χ3n) is 4.58. The Balaban J connectivity index is 1.71. The molecule has 1 saturated heterocycles. The first kappa shape index (κ1) is 19.2. The van der Waals surface area contributed by atoms with Crippen molar-refractivity contribution in [2.24, 2.45) is 0 Å². The highest BCUT2D eigenvalue weighted by Gasteiger charge is 2.51. The summed E-state index contributed by atoms with van der Waals surface area (Å²) < 4.78 is 42.8. The van der Waals surface area contributed by atoms with Gasteiger partial charge >= 0.3 is 24.0 Å². The first-order chi connectivity index (χ1) is 12.7. The van der Waals surface area contributed by atoms with Crippen molar-refractivity contribution >= 4 is 17.8 Å². The quantitative estimate of drug-likeness (QED) is 0.549. The van der Waals surface area contributed by atoms with E-state index in [9.17, 15) is 27.6 Å². The molecule has 7 nitrogen and oxygen atoms in total. The fourth-order valence-electron chi connectivity index (χ4n) is 3.04. The van der Waals surface area contributed by atoms with Crippen molar-refractivity contribution in [1.29, 1.82) is 0 Å². The van der Waals surface area contributed by atoms with Gasteiger partial charge in [-0.05, 0) is 24.3 Å². The van der Waals surface area contributed by atoms with Crippen LogP contribution in [0.2, 0.25) is 0 Å². The summed E-state index contributed by atoms with van der Waals surface area (Å²) in [5, 5.41) is 0. The van der Waals surface area contributed by atoms with E-state index in [1.807, 2.05) is 12.1 Å². The van der Waals surface area contributed by atoms with Crippen molar-refractivity contribution in [1.82, 2.24) is 9.80 Å². The monoisotopic (exact) mass is 386 g/mol. The number of alkyl halides is 3. The highest BCUT2D eigenvalue weighted by molar-refractivity contribution is 6.44. The Morgan fingerprint density at radius 1 is 1.07 bits per heavy atom. The summed E-state index contributed by atoms with van der Waals surface area (Å²) in [5.41, 5.74) is 0.926. The normalized spacial score (nSPS) is 19.0. The Hall–Kier alpha value is -2.62. The van der Waals surface area contributed by atoms with Gasteiger partial charge < -0.3 is 9.64 Å². The summed E-state index contributed by atoms with van der Waals surface area (Å²) in [4.78, 5) is 37.5. The van der Waals surface area contributed by atoms with E-state index in [1.165, 1.54) is 0 Å². The smallest absolute Gasteiger partial charge is 0.406 e. The maximum atomic E-state index is 12.6. The van der Waals surface area contributed by atoms with Crippen LogP contribution in [0.25, 0.3) is 0 Å². The Morgan fingerprint density at radius 2 is 1.67 bits per heavy atom. The molecule has 0 spiro atoms. The number of nitrogens with zero attached hydrogens (tertiary/aromatic N) is 2. The molecular weight excluding hydrogens is 367 g/mol. The van der Waals surface area contributed by atoms with Crippen LogP contribution in [0.5, 0.6) is 5.75 Å². The van der Waals surface area contributed by atoms with Crippen molar-refractivity contribution in [2.75, 3.05) is 20.3 Å². The third kappa shape index (κ3) is 4.38. The van der Waals surface area contributed by atoms with Crippen LogP contribution in [-0.4, -0.2) is 60.2 Å². The number of benzene rings is 1. The summed E-state index contributed by atoms with van der Waals surface area (Å²) in [6, 6.07) is 6.22. The molecule has 1 unspecified atom stereocenters. The molecule has 1 saturated carbocycles. The van der Waals surface area contributed by atoms with Gasteiger partial charge in [-0.15, -0.1) is 0 Å². The molecule has 0 aromatic heterocycles. The molecule has 1 atom stereocenters. The van der Waals surface area contributed by atoms with Gasteiger partial charge in [0.05, 0.1) is 13.2 Å². The lowest BCUT2D eigenvalue weighted by molar-refractivity contribution is -0.931. The molecule has 146 valence electrons. The molecule has 0 radical (unpaired) electrons. The van der Waals surface area contributed by atoms with Crippen LogP contribution < -0.4 is 9.64 Å². The number of amides is 4. The van der Waals surface area contributed by atoms with E-state index in [0.717, 1.165) is 23.3 Å². The van der Waals surface area contributed by atoms with Crippen LogP contribution in [0.1, 0.15) is 18.4 Å². The molecule has 10 heteroatoms. The molecule has 3 rings (SSSR count). The Bertz CT molecular complexity index is 747. The minimum absolute atomic E-state index is 0.0414. The number of halogens is 3. The lowest BCUT2D eigenvalue weighted by atomic mass is 10.2. The largest absolute Gasteiger partial charge is 0.497 e. The molecule has 2 fully saturated rings. The minimum Gasteiger partial charge on any atom is -0.497 e. The average molecular weight is 386 g/mol. The summed E-state index contributed by atoms with van der Waals surface area (Å²) in [6.45, 7) is -1.43. The zero-order chi connectivity index (χ0) is 19.8. The molecule has 1 aliphatic heterocycles. The van der Waals surface area contributed by atoms with Gasteiger partial charge in [-0.2, -0.15) is 13.2 Å². The molecule has 1 N–H and O–H groups in total. The fraction of sp³-hybridized carbons (Fsp3) is 0.471. The van der Waals surface area contributed by atoms with Gasteiger partial charge in [0.1, 0.15) is 18.8 Å². The maximum Gasteiger partial charge on any atom is 0.406 e. The number of nitrogens with one attached hydrogen (secondary N) is 1. The highest BCUT2D eigenvalue weighted by atomic mass is 19.4. The molecule has 1 aromatic rings. The third-order valence-corrected chi connectivity index (χ3v) is 4.58. The van der Waals surface area contributed by atoms with E-state index < -0.39 is 30.6 Å². The number of hydrogen-bond acceptors (Lipinski definition) is 4. The number of methoxy groups -OCH3 is 1. The van der Waals surface area contributed by atoms with Crippen LogP contribution in [0, 0.1) is 0 Å². The lowest BCUT2D eigenvalue weighted by Crippen LogP contribution is -3.13. The zero-order valence-electron chi connectivity index (χ0n) is 14.6. The van der Waals surface area contributed by atoms with E-state index in [0.29, 0.717) is 17.2 Å². The van der Waals surface area contributed by atoms with E-state index >= 15 is 0 Å². The molecule has 1 aliphatic carbocycles. The van der Waals surface area contributed by atoms with Crippen LogP contribution >= 0.6 is 0 Å². The van der Waals surface area contributed by atoms with Crippen molar-refractivity contribution < 1.29 is 37.2 Å². The molecule has 2 aliphatic rings. The topological polar surface area (TPSA) is 71.4 Å². The van der Waals surface area contributed by atoms with E-state index in [-0.39, 0.29) is 17.6 Å². The second-order valence-electron chi connectivity index (χ2n) is 6.64. The number of quaternary nitrogens is 1. The van der Waals surface area contributed by atoms with Crippen LogP contribution in [0.4, 0.5) is 18.0 Å². The summed E-state index contributed by atoms with van der Waals surface area (Å²) in [7, 11) is 1.55. The number of ether oxygens (including phenoxy) is 1. The molecular formula is C17H19F3N3O4+. The Kier molecular flexibility index (Phi) is 5.09. The summed E-state index contributed by atoms with van der Waals surface area (Å²) in [5.74, 6) is -1.96. The van der Waals surface area contributed by atoms with Crippen LogP contribution in [0.3, 0.4) is 0 Å². The van der Waals surface area contributed by atoms with Gasteiger partial charge in [0.25, 0.3) is 0 Å². The van der Waals surface area contributed by atoms with Gasteiger partial charge in [0.2, 0.25) is 0 Å². The number of urea groups is 1. The first-order valence-corrected chi connectivity index (χ1v) is 8.41. The second kappa shape index (κ2) is 7.18. The molecule has 0 bridgehead atoms. The van der Waals surface area contributed by atoms with Crippen molar-refractivity contribution in [3.05, 3.63) is 29.8 Å². The van der Waals surface area contributed by atoms with Gasteiger partial charge in [-0.3, -0.25) is 9.59 Å². The Labute approximate surface area is 153 Å². The molecule has 4 amide bonds. The predicted octanol–water partition coefficient (Wildman–Crippen LogP) is 0.553. The first-order valence-electron chi connectivity index (χ1n) is 8.41. The number of rotatable bonds is 7. The molecule has 1 aromatic carbocycles. The van der Waals surface area contributed by atoms with Gasteiger partial charge in [-0.25, -0.2) is 14.6 Å². The highest BCUT2D eigenvalue weighted by Crippen LogP contribution is 2.22. The number of hydrogen-bond donors (Lipinski definition) is 1. The maximum absolute atomic E-state index is 12.6. The lowest BCUT2D eigenvalue weighted by Gasteiger charge is -2.24. The van der Waals surface area contributed by atoms with E-state index in [1.54, 1.807) is 19.2 Å². The molecule has 1 heterocycles. The van der Waals surface area contributed by atoms with Crippen molar-refractivity contribution in [3.8, 4) is 5.75 Å². The minimum atomic E-state index is -4.76. The van der Waals surface area contributed by atoms with Crippen molar-refractivity contribution in [2.45, 2.75) is 31.6 Å². The number of carbonyl (C=O) groups is 3. The van der Waals surface area contributed by atoms with Crippen molar-refractivity contribution in [3.63, 3.8) is 0 Å². The standard InChI is InChI=1S/C17H18F3N3O4/c1-27-13-6-2-11(3-7-13)8-21(12-4-5-12)10-23-15(25)14(24)22(16(23)26)9-17(18,19)20/h2-3,6-7,12H,4-5,8-10H2,1H3/p+1. The SMILES string of the molecule is COc1ccc(C[NH+](CN2C(=O)C(=O)N(CC(F)(F)F)C2=O)C2CC2)cc1. The second-order valence-corrected chi connectivity index (χ2v) is 6.64. The molecule has 27 heavy (non-hydrogen) atoms. The van der Waals surface area contributed by atoms with E-state index in [4.69, 9.17) is 4.74 Å². The fourth-order valence-corrected chi connectivity index (χ4v) is 3.04. The Morgan fingerprint density at radius 3 is 2.19 bits per heavy atom. The van der Waals surface area contributed by atoms with E-state index in [2.05, 4.69) is 0 Å². The summed E-state index contributed by atoms with van der Waals surface area (Å²) in [6.07, 6.45) is -2.97. The predicted molar refractivity (Wildman–Crippen MR) is 85.6 cm³/mol. The number of carbonyl (C=O) groups excluding carboxylic acids is 3. The van der Waals surface area contributed by atoms with Crippen LogP contribution in [-0.2, 0) is 16.1 Å². The average Bonchev–Trinajstić information content (AvgIpc) is 3.43. The zero-order valence-corrected chi connectivity index (χ0v) is 14.6. The van der Waals surface area contributed by atoms with Crippen LogP contribution in [0.15, 0.2) is 24.3 Å². The van der Waals surface area contributed by atoms with Gasteiger partial charge in [0, 0.05) is 18.4 Å². The van der Waals surface area contributed by atoms with Gasteiger partial charge in [0.15, 0.2) is 6.67 Å². The number of imide groups is 2. The van der Waals surface area contributed by atoms with Gasteiger partial charge in [-0.1, -0.05) is 0 Å².